The highest BCUT2D eigenvalue weighted by atomic mass is 32.2. The summed E-state index contributed by atoms with van der Waals surface area (Å²) in [6.45, 7) is 2.20. The van der Waals surface area contributed by atoms with Crippen LogP contribution in [-0.4, -0.2) is 26.4 Å². The molecule has 27 heavy (non-hydrogen) atoms. The number of nitrogens with one attached hydrogen (secondary N) is 2. The van der Waals surface area contributed by atoms with Crippen LogP contribution in [0.15, 0.2) is 41.8 Å². The number of carbonyl (C=O) groups excluding carboxylic acids is 1. The fraction of sp³-hybridized carbons (Fsp3) is 0.222. The molecule has 2 aromatic heterocycles. The Bertz CT molecular complexity index is 1020. The van der Waals surface area contributed by atoms with Crippen molar-refractivity contribution in [3.63, 3.8) is 0 Å². The van der Waals surface area contributed by atoms with E-state index in [9.17, 15) is 13.2 Å². The highest BCUT2D eigenvalue weighted by molar-refractivity contribution is 7.88. The molecule has 0 spiro atoms. The molecular formula is C18H19N3O3S3. The van der Waals surface area contributed by atoms with Gasteiger partial charge in [0.05, 0.1) is 16.3 Å². The molecule has 0 atom stereocenters. The lowest BCUT2D eigenvalue weighted by Gasteiger charge is -2.06. The number of thiophene rings is 1. The van der Waals surface area contributed by atoms with Crippen LogP contribution >= 0.6 is 22.7 Å². The van der Waals surface area contributed by atoms with Gasteiger partial charge in [0.25, 0.3) is 5.91 Å². The molecule has 2 N–H and O–H groups in total. The van der Waals surface area contributed by atoms with Crippen molar-refractivity contribution in [3.05, 3.63) is 63.5 Å². The summed E-state index contributed by atoms with van der Waals surface area (Å²) in [6, 6.07) is 11.1. The molecular weight excluding hydrogens is 402 g/mol. The highest BCUT2D eigenvalue weighted by Crippen LogP contribution is 2.31. The van der Waals surface area contributed by atoms with Crippen LogP contribution in [0.3, 0.4) is 0 Å². The zero-order chi connectivity index (χ0) is 19.4. The number of sulfonamides is 1. The van der Waals surface area contributed by atoms with Crippen LogP contribution in [0, 0.1) is 6.92 Å². The minimum atomic E-state index is -3.29. The van der Waals surface area contributed by atoms with E-state index in [1.54, 1.807) is 23.5 Å². The summed E-state index contributed by atoms with van der Waals surface area (Å²) < 4.78 is 25.4. The number of aromatic nitrogens is 1. The van der Waals surface area contributed by atoms with Crippen LogP contribution in [0.2, 0.25) is 0 Å². The zero-order valence-corrected chi connectivity index (χ0v) is 17.3. The van der Waals surface area contributed by atoms with Gasteiger partial charge < -0.3 is 5.32 Å². The van der Waals surface area contributed by atoms with E-state index < -0.39 is 10.0 Å². The van der Waals surface area contributed by atoms with E-state index in [0.29, 0.717) is 22.7 Å². The van der Waals surface area contributed by atoms with Gasteiger partial charge >= 0.3 is 0 Å². The molecule has 9 heteroatoms. The van der Waals surface area contributed by atoms with E-state index in [4.69, 9.17) is 0 Å². The van der Waals surface area contributed by atoms with Gasteiger partial charge in [-0.25, -0.2) is 18.1 Å². The lowest BCUT2D eigenvalue weighted by atomic mass is 10.1. The Morgan fingerprint density at radius 2 is 1.85 bits per heavy atom. The lowest BCUT2D eigenvalue weighted by Crippen LogP contribution is -2.22. The van der Waals surface area contributed by atoms with Crippen molar-refractivity contribution in [1.82, 2.24) is 15.0 Å². The molecule has 2 heterocycles. The molecule has 6 nitrogen and oxygen atoms in total. The first-order valence-corrected chi connectivity index (χ1v) is 11.5. The van der Waals surface area contributed by atoms with Crippen molar-refractivity contribution >= 4 is 38.6 Å². The third kappa shape index (κ3) is 5.01. The number of aryl methyl sites for hydroxylation is 1. The van der Waals surface area contributed by atoms with Crippen molar-refractivity contribution in [2.45, 2.75) is 19.2 Å². The van der Waals surface area contributed by atoms with Crippen molar-refractivity contribution in [2.24, 2.45) is 0 Å². The molecule has 3 rings (SSSR count). The average molecular weight is 422 g/mol. The minimum Gasteiger partial charge on any atom is -0.347 e. The van der Waals surface area contributed by atoms with Crippen LogP contribution < -0.4 is 10.0 Å². The molecule has 0 aliphatic heterocycles. The van der Waals surface area contributed by atoms with Gasteiger partial charge in [0.15, 0.2) is 0 Å². The van der Waals surface area contributed by atoms with Gasteiger partial charge in [-0.15, -0.1) is 22.7 Å². The molecule has 142 valence electrons. The summed E-state index contributed by atoms with van der Waals surface area (Å²) in [6.07, 6.45) is 0. The van der Waals surface area contributed by atoms with E-state index in [1.165, 1.54) is 18.4 Å². The Kier molecular flexibility index (Phi) is 6.05. The first-order valence-electron chi connectivity index (χ1n) is 8.16. The summed E-state index contributed by atoms with van der Waals surface area (Å²) in [7, 11) is -1.90. The van der Waals surface area contributed by atoms with E-state index >= 15 is 0 Å². The monoisotopic (exact) mass is 421 g/mol. The minimum absolute atomic E-state index is 0.0678. The van der Waals surface area contributed by atoms with Gasteiger partial charge in [0.2, 0.25) is 10.0 Å². The first-order chi connectivity index (χ1) is 12.9. The molecule has 0 unspecified atom stereocenters. The standard InChI is InChI=1S/C18H19N3O3S3/c1-12-16(26-18(21-12)15-4-3-9-25-15)17(22)20-10-13-5-7-14(8-6-13)11-27(23,24)19-2/h3-9,19H,10-11H2,1-2H3,(H,20,22). The second kappa shape index (κ2) is 8.30. The predicted octanol–water partition coefficient (Wildman–Crippen LogP) is 3.16. The van der Waals surface area contributed by atoms with Gasteiger partial charge in [-0.2, -0.15) is 0 Å². The molecule has 1 aromatic carbocycles. The fourth-order valence-corrected chi connectivity index (χ4v) is 4.98. The van der Waals surface area contributed by atoms with Gasteiger partial charge in [-0.05, 0) is 36.5 Å². The van der Waals surface area contributed by atoms with E-state index in [0.717, 1.165) is 15.4 Å². The normalized spacial score (nSPS) is 11.5. The van der Waals surface area contributed by atoms with Gasteiger partial charge in [0, 0.05) is 6.54 Å². The van der Waals surface area contributed by atoms with Crippen LogP contribution in [0.5, 0.6) is 0 Å². The Hall–Kier alpha value is -2.07. The highest BCUT2D eigenvalue weighted by Gasteiger charge is 2.16. The van der Waals surface area contributed by atoms with Crippen LogP contribution in [0.4, 0.5) is 0 Å². The van der Waals surface area contributed by atoms with E-state index in [-0.39, 0.29) is 11.7 Å². The molecule has 0 saturated heterocycles. The summed E-state index contributed by atoms with van der Waals surface area (Å²) >= 11 is 2.98. The molecule has 0 saturated carbocycles. The average Bonchev–Trinajstić information content (AvgIpc) is 3.30. The molecule has 0 fully saturated rings. The Morgan fingerprint density at radius 3 is 2.48 bits per heavy atom. The second-order valence-electron chi connectivity index (χ2n) is 5.87. The maximum atomic E-state index is 12.5. The molecule has 0 radical (unpaired) electrons. The van der Waals surface area contributed by atoms with Gasteiger partial charge in [-0.3, -0.25) is 4.79 Å². The number of carbonyl (C=O) groups is 1. The Labute approximate surface area is 166 Å². The summed E-state index contributed by atoms with van der Waals surface area (Å²) in [5, 5.41) is 5.73. The van der Waals surface area contributed by atoms with E-state index in [1.807, 2.05) is 36.6 Å². The first kappa shape index (κ1) is 19.7. The smallest absolute Gasteiger partial charge is 0.263 e. The third-order valence-corrected chi connectivity index (χ3v) is 7.41. The number of thiazole rings is 1. The van der Waals surface area contributed by atoms with Crippen LogP contribution in [-0.2, 0) is 22.3 Å². The quantitative estimate of drug-likeness (QED) is 0.613. The molecule has 1 amide bonds. The maximum absolute atomic E-state index is 12.5. The van der Waals surface area contributed by atoms with Crippen molar-refractivity contribution in [1.29, 1.82) is 0 Å². The second-order valence-corrected chi connectivity index (χ2v) is 9.75. The fourth-order valence-electron chi connectivity index (χ4n) is 2.42. The number of benzene rings is 1. The van der Waals surface area contributed by atoms with Crippen molar-refractivity contribution in [3.8, 4) is 9.88 Å². The number of amides is 1. The Morgan fingerprint density at radius 1 is 1.15 bits per heavy atom. The molecule has 0 bridgehead atoms. The van der Waals surface area contributed by atoms with Gasteiger partial charge in [0.1, 0.15) is 9.88 Å². The van der Waals surface area contributed by atoms with Crippen LogP contribution in [0.25, 0.3) is 9.88 Å². The maximum Gasteiger partial charge on any atom is 0.263 e. The summed E-state index contributed by atoms with van der Waals surface area (Å²) in [5.41, 5.74) is 2.31. The molecule has 0 aliphatic carbocycles. The van der Waals surface area contributed by atoms with Crippen molar-refractivity contribution in [2.75, 3.05) is 7.05 Å². The number of rotatable bonds is 7. The lowest BCUT2D eigenvalue weighted by molar-refractivity contribution is 0.0954. The largest absolute Gasteiger partial charge is 0.347 e. The van der Waals surface area contributed by atoms with Crippen molar-refractivity contribution < 1.29 is 13.2 Å². The van der Waals surface area contributed by atoms with Crippen LogP contribution in [0.1, 0.15) is 26.5 Å². The SMILES string of the molecule is CNS(=O)(=O)Cc1ccc(CNC(=O)c2sc(-c3cccs3)nc2C)cc1. The number of hydrogen-bond donors (Lipinski definition) is 2. The third-order valence-electron chi connectivity index (χ3n) is 3.88. The number of nitrogens with zero attached hydrogens (tertiary/aromatic N) is 1. The summed E-state index contributed by atoms with van der Waals surface area (Å²) in [4.78, 5) is 18.6. The van der Waals surface area contributed by atoms with E-state index in [2.05, 4.69) is 15.0 Å². The molecule has 3 aromatic rings. The Balaban J connectivity index is 1.62. The molecule has 0 aliphatic rings. The van der Waals surface area contributed by atoms with Gasteiger partial charge in [-0.1, -0.05) is 30.3 Å². The predicted molar refractivity (Wildman–Crippen MR) is 109 cm³/mol. The zero-order valence-electron chi connectivity index (χ0n) is 14.9. The number of hydrogen-bond acceptors (Lipinski definition) is 6. The topological polar surface area (TPSA) is 88.2 Å². The summed E-state index contributed by atoms with van der Waals surface area (Å²) in [5.74, 6) is -0.225.